The predicted molar refractivity (Wildman–Crippen MR) is 104 cm³/mol. The fourth-order valence-corrected chi connectivity index (χ4v) is 2.85. The number of anilines is 1. The quantitative estimate of drug-likeness (QED) is 0.493. The average molecular weight is 485 g/mol. The van der Waals surface area contributed by atoms with Crippen LogP contribution in [0, 0.1) is 3.57 Å². The summed E-state index contributed by atoms with van der Waals surface area (Å²) in [4.78, 5) is 24.6. The predicted octanol–water partition coefficient (Wildman–Crippen LogP) is 4.22. The van der Waals surface area contributed by atoms with Crippen LogP contribution in [0.4, 0.5) is 5.69 Å². The van der Waals surface area contributed by atoms with E-state index in [4.69, 9.17) is 0 Å². The molecular formula is C17H14BrIN2O2. The van der Waals surface area contributed by atoms with Crippen molar-refractivity contribution in [3.05, 3.63) is 74.3 Å². The minimum absolute atomic E-state index is 0.260. The number of benzene rings is 2. The van der Waals surface area contributed by atoms with Crippen molar-refractivity contribution in [2.24, 2.45) is 0 Å². The van der Waals surface area contributed by atoms with Crippen LogP contribution >= 0.6 is 38.5 Å². The third-order valence-electron chi connectivity index (χ3n) is 3.00. The topological polar surface area (TPSA) is 58.2 Å². The fraction of sp³-hybridized carbons (Fsp3) is 0.0588. The Morgan fingerprint density at radius 1 is 1.13 bits per heavy atom. The molecule has 0 bridgehead atoms. The summed E-state index contributed by atoms with van der Waals surface area (Å²) in [5.41, 5.74) is 1.42. The Bertz CT molecular complexity index is 762. The van der Waals surface area contributed by atoms with Crippen molar-refractivity contribution in [1.82, 2.24) is 5.32 Å². The minimum atomic E-state index is -0.264. The first-order valence-corrected chi connectivity index (χ1v) is 8.64. The van der Waals surface area contributed by atoms with Crippen molar-refractivity contribution in [3.63, 3.8) is 0 Å². The summed E-state index contributed by atoms with van der Waals surface area (Å²) in [5, 5.41) is 5.51. The molecule has 0 aliphatic carbocycles. The molecule has 0 aliphatic rings. The van der Waals surface area contributed by atoms with Crippen LogP contribution in [0.5, 0.6) is 0 Å². The number of halogens is 2. The normalized spacial score (nSPS) is 10.0. The van der Waals surface area contributed by atoms with Gasteiger partial charge in [-0.15, -0.1) is 6.58 Å². The maximum absolute atomic E-state index is 12.5. The van der Waals surface area contributed by atoms with E-state index in [2.05, 4.69) is 55.7 Å². The Labute approximate surface area is 156 Å². The number of carbonyl (C=O) groups is 2. The highest BCUT2D eigenvalue weighted by molar-refractivity contribution is 14.1. The van der Waals surface area contributed by atoms with Crippen LogP contribution in [0.3, 0.4) is 0 Å². The molecule has 0 saturated carbocycles. The van der Waals surface area contributed by atoms with Gasteiger partial charge in [-0.25, -0.2) is 0 Å². The molecule has 0 aliphatic heterocycles. The summed E-state index contributed by atoms with van der Waals surface area (Å²) >= 11 is 5.46. The van der Waals surface area contributed by atoms with Crippen LogP contribution in [0.25, 0.3) is 0 Å². The standard InChI is InChI=1S/C17H14BrIN2O2/c1-2-9-20-16(22)12-5-3-4-6-15(12)21-17(23)13-10-11(18)7-8-14(13)19/h2-8,10H,1,9H2,(H,20,22)(H,21,23). The van der Waals surface area contributed by atoms with Crippen LogP contribution < -0.4 is 10.6 Å². The van der Waals surface area contributed by atoms with Gasteiger partial charge in [-0.3, -0.25) is 9.59 Å². The zero-order valence-corrected chi connectivity index (χ0v) is 15.8. The molecule has 2 aromatic rings. The van der Waals surface area contributed by atoms with Crippen molar-refractivity contribution >= 4 is 56.0 Å². The van der Waals surface area contributed by atoms with E-state index in [0.717, 1.165) is 8.04 Å². The zero-order valence-electron chi connectivity index (χ0n) is 12.1. The number of carbonyl (C=O) groups excluding carboxylic acids is 2. The lowest BCUT2D eigenvalue weighted by Crippen LogP contribution is -2.25. The molecular weight excluding hydrogens is 471 g/mol. The third-order valence-corrected chi connectivity index (χ3v) is 4.43. The van der Waals surface area contributed by atoms with Gasteiger partial charge in [-0.05, 0) is 52.9 Å². The Kier molecular flexibility index (Phi) is 6.35. The van der Waals surface area contributed by atoms with Gasteiger partial charge >= 0.3 is 0 Å². The number of amides is 2. The lowest BCUT2D eigenvalue weighted by molar-refractivity contribution is 0.0959. The van der Waals surface area contributed by atoms with Crippen LogP contribution in [-0.2, 0) is 0 Å². The second-order valence-corrected chi connectivity index (χ2v) is 6.70. The van der Waals surface area contributed by atoms with Gasteiger partial charge in [0.25, 0.3) is 11.8 Å². The lowest BCUT2D eigenvalue weighted by atomic mass is 10.1. The van der Waals surface area contributed by atoms with Gasteiger partial charge in [-0.2, -0.15) is 0 Å². The van der Waals surface area contributed by atoms with E-state index in [1.54, 1.807) is 36.4 Å². The highest BCUT2D eigenvalue weighted by Gasteiger charge is 2.15. The number of hydrogen-bond donors (Lipinski definition) is 2. The molecule has 2 rings (SSSR count). The monoisotopic (exact) mass is 484 g/mol. The van der Waals surface area contributed by atoms with Gasteiger partial charge in [0.2, 0.25) is 0 Å². The first-order chi connectivity index (χ1) is 11.0. The van der Waals surface area contributed by atoms with Crippen LogP contribution in [0.2, 0.25) is 0 Å². The van der Waals surface area contributed by atoms with E-state index in [-0.39, 0.29) is 11.8 Å². The second-order valence-electron chi connectivity index (χ2n) is 4.62. The summed E-state index contributed by atoms with van der Waals surface area (Å²) in [5.74, 6) is -0.524. The van der Waals surface area contributed by atoms with E-state index < -0.39 is 0 Å². The van der Waals surface area contributed by atoms with E-state index in [9.17, 15) is 9.59 Å². The molecule has 118 valence electrons. The van der Waals surface area contributed by atoms with E-state index in [0.29, 0.717) is 23.4 Å². The van der Waals surface area contributed by atoms with Crippen molar-refractivity contribution in [2.75, 3.05) is 11.9 Å². The second kappa shape index (κ2) is 8.26. The van der Waals surface area contributed by atoms with Crippen molar-refractivity contribution < 1.29 is 9.59 Å². The molecule has 0 fully saturated rings. The Morgan fingerprint density at radius 2 is 1.87 bits per heavy atom. The zero-order chi connectivity index (χ0) is 16.8. The number of rotatable bonds is 5. The number of hydrogen-bond acceptors (Lipinski definition) is 2. The van der Waals surface area contributed by atoms with Gasteiger partial charge in [-0.1, -0.05) is 34.1 Å². The molecule has 4 nitrogen and oxygen atoms in total. The molecule has 0 spiro atoms. The van der Waals surface area contributed by atoms with Crippen molar-refractivity contribution in [3.8, 4) is 0 Å². The molecule has 2 N–H and O–H groups in total. The number of para-hydroxylation sites is 1. The van der Waals surface area contributed by atoms with Gasteiger partial charge < -0.3 is 10.6 Å². The van der Waals surface area contributed by atoms with E-state index >= 15 is 0 Å². The van der Waals surface area contributed by atoms with Crippen LogP contribution in [0.15, 0.2) is 59.6 Å². The van der Waals surface area contributed by atoms with E-state index in [1.165, 1.54) is 0 Å². The molecule has 2 amide bonds. The molecule has 0 radical (unpaired) electrons. The van der Waals surface area contributed by atoms with Crippen molar-refractivity contribution in [2.45, 2.75) is 0 Å². The van der Waals surface area contributed by atoms with Gasteiger partial charge in [0.1, 0.15) is 0 Å². The molecule has 0 unspecified atom stereocenters. The Hall–Kier alpha value is -1.67. The first kappa shape index (κ1) is 17.7. The lowest BCUT2D eigenvalue weighted by Gasteiger charge is -2.12. The van der Waals surface area contributed by atoms with Crippen LogP contribution in [0.1, 0.15) is 20.7 Å². The maximum atomic E-state index is 12.5. The molecule has 0 saturated heterocycles. The molecule has 2 aromatic carbocycles. The van der Waals surface area contributed by atoms with Gasteiger partial charge in [0, 0.05) is 14.6 Å². The number of nitrogens with one attached hydrogen (secondary N) is 2. The summed E-state index contributed by atoms with van der Waals surface area (Å²) in [6.07, 6.45) is 1.60. The molecule has 6 heteroatoms. The largest absolute Gasteiger partial charge is 0.349 e. The SMILES string of the molecule is C=CCNC(=O)c1ccccc1NC(=O)c1cc(Br)ccc1I. The Morgan fingerprint density at radius 3 is 2.61 bits per heavy atom. The Balaban J connectivity index is 2.26. The molecule has 0 atom stereocenters. The summed E-state index contributed by atoms with van der Waals surface area (Å²) < 4.78 is 1.65. The third kappa shape index (κ3) is 4.65. The van der Waals surface area contributed by atoms with Gasteiger partial charge in [0.05, 0.1) is 16.8 Å². The minimum Gasteiger partial charge on any atom is -0.349 e. The molecule has 0 heterocycles. The van der Waals surface area contributed by atoms with Gasteiger partial charge in [0.15, 0.2) is 0 Å². The van der Waals surface area contributed by atoms with E-state index in [1.807, 2.05) is 12.1 Å². The first-order valence-electron chi connectivity index (χ1n) is 6.77. The highest BCUT2D eigenvalue weighted by Crippen LogP contribution is 2.21. The summed E-state index contributed by atoms with van der Waals surface area (Å²) in [7, 11) is 0. The fourth-order valence-electron chi connectivity index (χ4n) is 1.91. The maximum Gasteiger partial charge on any atom is 0.256 e. The average Bonchev–Trinajstić information content (AvgIpc) is 2.55. The van der Waals surface area contributed by atoms with Crippen molar-refractivity contribution in [1.29, 1.82) is 0 Å². The summed E-state index contributed by atoms with van der Waals surface area (Å²) in [6.45, 7) is 3.93. The summed E-state index contributed by atoms with van der Waals surface area (Å²) in [6, 6.07) is 12.4. The molecule has 0 aromatic heterocycles. The van der Waals surface area contributed by atoms with Crippen LogP contribution in [-0.4, -0.2) is 18.4 Å². The smallest absolute Gasteiger partial charge is 0.256 e. The highest BCUT2D eigenvalue weighted by atomic mass is 127. The molecule has 23 heavy (non-hydrogen) atoms.